The second-order valence-corrected chi connectivity index (χ2v) is 5.59. The summed E-state index contributed by atoms with van der Waals surface area (Å²) >= 11 is 1.98. The van der Waals surface area contributed by atoms with Gasteiger partial charge in [0.25, 0.3) is 0 Å². The molecule has 0 aliphatic rings. The molecule has 0 bridgehead atoms. The van der Waals surface area contributed by atoms with Crippen LogP contribution in [0.25, 0.3) is 0 Å². The van der Waals surface area contributed by atoms with E-state index in [2.05, 4.69) is 19.2 Å². The van der Waals surface area contributed by atoms with Crippen LogP contribution in [-0.2, 0) is 0 Å². The summed E-state index contributed by atoms with van der Waals surface area (Å²) in [6, 6.07) is 0.508. The lowest BCUT2D eigenvalue weighted by Crippen LogP contribution is -2.43. The fraction of sp³-hybridized carbons (Fsp3) is 1.00. The normalized spacial score (nSPS) is 14.2. The minimum Gasteiger partial charge on any atom is -0.389 e. The minimum absolute atomic E-state index is 0.508. The standard InChI is InChI=1S/C12H27NOS/c1-5-12(14,6-2)10-13-11(4)8-9-15-7-3/h11,13-14H,5-10H2,1-4H3. The van der Waals surface area contributed by atoms with Crippen molar-refractivity contribution in [3.05, 3.63) is 0 Å². The van der Waals surface area contributed by atoms with Gasteiger partial charge in [0, 0.05) is 12.6 Å². The first kappa shape index (κ1) is 15.3. The molecule has 0 spiro atoms. The Morgan fingerprint density at radius 1 is 1.27 bits per heavy atom. The van der Waals surface area contributed by atoms with E-state index < -0.39 is 5.60 Å². The Kier molecular flexibility index (Phi) is 8.58. The Morgan fingerprint density at radius 3 is 2.33 bits per heavy atom. The van der Waals surface area contributed by atoms with E-state index in [1.54, 1.807) is 0 Å². The van der Waals surface area contributed by atoms with Gasteiger partial charge < -0.3 is 10.4 Å². The van der Waals surface area contributed by atoms with Gasteiger partial charge >= 0.3 is 0 Å². The second kappa shape index (κ2) is 8.43. The van der Waals surface area contributed by atoms with E-state index in [0.29, 0.717) is 6.04 Å². The van der Waals surface area contributed by atoms with E-state index in [0.717, 1.165) is 19.4 Å². The van der Waals surface area contributed by atoms with Gasteiger partial charge in [-0.15, -0.1) is 0 Å². The van der Waals surface area contributed by atoms with Gasteiger partial charge in [-0.1, -0.05) is 20.8 Å². The Bertz CT molecular complexity index is 149. The van der Waals surface area contributed by atoms with Crippen LogP contribution < -0.4 is 5.32 Å². The fourth-order valence-electron chi connectivity index (χ4n) is 1.37. The van der Waals surface area contributed by atoms with Crippen LogP contribution in [0.15, 0.2) is 0 Å². The molecule has 0 radical (unpaired) electrons. The molecule has 0 saturated carbocycles. The van der Waals surface area contributed by atoms with Gasteiger partial charge in [-0.05, 0) is 37.7 Å². The third-order valence-corrected chi connectivity index (χ3v) is 3.93. The first-order valence-corrected chi connectivity index (χ1v) is 7.27. The molecule has 0 heterocycles. The monoisotopic (exact) mass is 233 g/mol. The highest BCUT2D eigenvalue weighted by Gasteiger charge is 2.22. The number of aliphatic hydroxyl groups is 1. The second-order valence-electron chi connectivity index (χ2n) is 4.20. The maximum atomic E-state index is 10.1. The molecule has 92 valence electrons. The molecule has 1 atom stereocenters. The number of thioether (sulfide) groups is 1. The average Bonchev–Trinajstić information content (AvgIpc) is 2.26. The molecule has 0 aromatic carbocycles. The molecule has 0 amide bonds. The summed E-state index contributed by atoms with van der Waals surface area (Å²) in [5.41, 5.74) is -0.508. The third kappa shape index (κ3) is 7.20. The van der Waals surface area contributed by atoms with Crippen LogP contribution in [0.5, 0.6) is 0 Å². The third-order valence-electron chi connectivity index (χ3n) is 3.00. The van der Waals surface area contributed by atoms with Crippen molar-refractivity contribution in [2.75, 3.05) is 18.1 Å². The zero-order chi connectivity index (χ0) is 11.7. The number of hydrogen-bond donors (Lipinski definition) is 2. The van der Waals surface area contributed by atoms with Gasteiger partial charge in [0.05, 0.1) is 5.60 Å². The van der Waals surface area contributed by atoms with Crippen molar-refractivity contribution in [3.63, 3.8) is 0 Å². The molecule has 1 unspecified atom stereocenters. The quantitative estimate of drug-likeness (QED) is 0.601. The van der Waals surface area contributed by atoms with E-state index in [1.807, 2.05) is 25.6 Å². The van der Waals surface area contributed by atoms with Gasteiger partial charge in [-0.2, -0.15) is 11.8 Å². The summed E-state index contributed by atoms with van der Waals surface area (Å²) in [4.78, 5) is 0. The highest BCUT2D eigenvalue weighted by molar-refractivity contribution is 7.99. The zero-order valence-electron chi connectivity index (χ0n) is 10.7. The van der Waals surface area contributed by atoms with Crippen molar-refractivity contribution >= 4 is 11.8 Å². The summed E-state index contributed by atoms with van der Waals surface area (Å²) in [7, 11) is 0. The number of rotatable bonds is 9. The van der Waals surface area contributed by atoms with Gasteiger partial charge in [-0.3, -0.25) is 0 Å². The SMILES string of the molecule is CCSCCC(C)NCC(O)(CC)CC. The summed E-state index contributed by atoms with van der Waals surface area (Å²) in [6.45, 7) is 9.20. The molecule has 2 nitrogen and oxygen atoms in total. The average molecular weight is 233 g/mol. The Morgan fingerprint density at radius 2 is 1.87 bits per heavy atom. The molecule has 0 aliphatic heterocycles. The van der Waals surface area contributed by atoms with Crippen LogP contribution >= 0.6 is 11.8 Å². The van der Waals surface area contributed by atoms with E-state index >= 15 is 0 Å². The van der Waals surface area contributed by atoms with Crippen molar-refractivity contribution in [2.24, 2.45) is 0 Å². The lowest BCUT2D eigenvalue weighted by molar-refractivity contribution is 0.0303. The molecule has 0 saturated heterocycles. The Labute approximate surface area is 99.2 Å². The van der Waals surface area contributed by atoms with Crippen molar-refractivity contribution in [1.29, 1.82) is 0 Å². The smallest absolute Gasteiger partial charge is 0.0766 e. The predicted octanol–water partition coefficient (Wildman–Crippen LogP) is 2.66. The molecule has 3 heteroatoms. The molecular formula is C12H27NOS. The Balaban J connectivity index is 3.64. The van der Waals surface area contributed by atoms with Crippen LogP contribution in [-0.4, -0.2) is 34.8 Å². The van der Waals surface area contributed by atoms with Gasteiger partial charge in [-0.25, -0.2) is 0 Å². The maximum Gasteiger partial charge on any atom is 0.0766 e. The predicted molar refractivity (Wildman–Crippen MR) is 70.6 cm³/mol. The molecule has 0 aromatic rings. The minimum atomic E-state index is -0.508. The summed E-state index contributed by atoms with van der Waals surface area (Å²) in [6.07, 6.45) is 2.84. The topological polar surface area (TPSA) is 32.3 Å². The lowest BCUT2D eigenvalue weighted by atomic mass is 9.97. The lowest BCUT2D eigenvalue weighted by Gasteiger charge is -2.27. The highest BCUT2D eigenvalue weighted by atomic mass is 32.2. The first-order valence-electron chi connectivity index (χ1n) is 6.11. The zero-order valence-corrected chi connectivity index (χ0v) is 11.5. The van der Waals surface area contributed by atoms with Crippen molar-refractivity contribution in [1.82, 2.24) is 5.32 Å². The molecule has 0 aromatic heterocycles. The summed E-state index contributed by atoms with van der Waals surface area (Å²) < 4.78 is 0. The molecule has 0 fully saturated rings. The van der Waals surface area contributed by atoms with Crippen molar-refractivity contribution < 1.29 is 5.11 Å². The highest BCUT2D eigenvalue weighted by Crippen LogP contribution is 2.13. The maximum absolute atomic E-state index is 10.1. The van der Waals surface area contributed by atoms with Crippen LogP contribution in [0.1, 0.15) is 47.0 Å². The largest absolute Gasteiger partial charge is 0.389 e. The molecule has 15 heavy (non-hydrogen) atoms. The molecular weight excluding hydrogens is 206 g/mol. The Hall–Kier alpha value is 0.270. The van der Waals surface area contributed by atoms with Crippen LogP contribution in [0.4, 0.5) is 0 Å². The first-order chi connectivity index (χ1) is 7.08. The van der Waals surface area contributed by atoms with Crippen LogP contribution in [0, 0.1) is 0 Å². The molecule has 0 rings (SSSR count). The molecule has 0 aliphatic carbocycles. The van der Waals surface area contributed by atoms with E-state index in [9.17, 15) is 5.11 Å². The van der Waals surface area contributed by atoms with Gasteiger partial charge in [0.15, 0.2) is 0 Å². The van der Waals surface area contributed by atoms with Gasteiger partial charge in [0.1, 0.15) is 0 Å². The van der Waals surface area contributed by atoms with E-state index in [1.165, 1.54) is 17.9 Å². The van der Waals surface area contributed by atoms with Crippen molar-refractivity contribution in [3.8, 4) is 0 Å². The molecule has 2 N–H and O–H groups in total. The van der Waals surface area contributed by atoms with E-state index in [-0.39, 0.29) is 0 Å². The summed E-state index contributed by atoms with van der Waals surface area (Å²) in [5.74, 6) is 2.40. The van der Waals surface area contributed by atoms with Crippen LogP contribution in [0.2, 0.25) is 0 Å². The fourth-order valence-corrected chi connectivity index (χ4v) is 2.18. The number of nitrogens with one attached hydrogen (secondary N) is 1. The van der Waals surface area contributed by atoms with Gasteiger partial charge in [0.2, 0.25) is 0 Å². The summed E-state index contributed by atoms with van der Waals surface area (Å²) in [5, 5.41) is 13.5. The van der Waals surface area contributed by atoms with E-state index in [4.69, 9.17) is 0 Å². The number of hydrogen-bond acceptors (Lipinski definition) is 3. The van der Waals surface area contributed by atoms with Crippen molar-refractivity contribution in [2.45, 2.75) is 58.6 Å². The van der Waals surface area contributed by atoms with Crippen LogP contribution in [0.3, 0.4) is 0 Å².